The number of ether oxygens (including phenoxy) is 1. The molecule has 0 radical (unpaired) electrons. The minimum Gasteiger partial charge on any atom is -0.484 e. The zero-order valence-corrected chi connectivity index (χ0v) is 15.6. The van der Waals surface area contributed by atoms with Gasteiger partial charge in [-0.15, -0.1) is 0 Å². The van der Waals surface area contributed by atoms with Crippen LogP contribution in [0.25, 0.3) is 21.9 Å². The molecule has 4 rings (SSSR count). The molecule has 0 saturated heterocycles. The Hall–Kier alpha value is -3.73. The number of nitrogens with zero attached hydrogens (tertiary/aromatic N) is 1. The molecular formula is C24H19FN2O2. The van der Waals surface area contributed by atoms with E-state index >= 15 is 0 Å². The molecule has 0 bridgehead atoms. The number of amides is 1. The summed E-state index contributed by atoms with van der Waals surface area (Å²) in [5, 5.41) is 4.75. The molecule has 1 heterocycles. The zero-order valence-electron chi connectivity index (χ0n) is 15.6. The molecule has 0 aliphatic carbocycles. The molecule has 1 amide bonds. The van der Waals surface area contributed by atoms with Crippen LogP contribution in [0.3, 0.4) is 0 Å². The first-order valence-corrected chi connectivity index (χ1v) is 9.27. The van der Waals surface area contributed by atoms with Gasteiger partial charge >= 0.3 is 0 Å². The summed E-state index contributed by atoms with van der Waals surface area (Å²) < 4.78 is 19.1. The van der Waals surface area contributed by atoms with Gasteiger partial charge in [0.05, 0.1) is 0 Å². The second-order valence-corrected chi connectivity index (χ2v) is 6.58. The third kappa shape index (κ3) is 4.41. The van der Waals surface area contributed by atoms with E-state index in [0.717, 1.165) is 27.5 Å². The number of pyridine rings is 1. The quantitative estimate of drug-likeness (QED) is 0.521. The van der Waals surface area contributed by atoms with Crippen LogP contribution in [0.2, 0.25) is 0 Å². The van der Waals surface area contributed by atoms with Crippen molar-refractivity contribution in [1.29, 1.82) is 0 Å². The summed E-state index contributed by atoms with van der Waals surface area (Å²) >= 11 is 0. The van der Waals surface area contributed by atoms with Crippen molar-refractivity contribution in [2.45, 2.75) is 6.54 Å². The summed E-state index contributed by atoms with van der Waals surface area (Å²) in [4.78, 5) is 16.4. The number of benzene rings is 3. The minimum atomic E-state index is -0.278. The molecule has 5 heteroatoms. The Bertz CT molecular complexity index is 1150. The monoisotopic (exact) mass is 386 g/mol. The summed E-state index contributed by atoms with van der Waals surface area (Å²) in [5.41, 5.74) is 2.65. The number of para-hydroxylation sites is 1. The standard InChI is InChI=1S/C24H19FN2O2/c25-19-6-4-5-17(13-19)21-10-9-18(23-15-26-12-11-22(21)23)14-27-24(28)16-29-20-7-2-1-3-8-20/h1-13,15H,14,16H2,(H,27,28). The molecular weight excluding hydrogens is 367 g/mol. The van der Waals surface area contributed by atoms with Crippen molar-refractivity contribution in [3.05, 3.63) is 96.6 Å². The lowest BCUT2D eigenvalue weighted by atomic mass is 9.96. The molecule has 0 aliphatic heterocycles. The number of rotatable bonds is 6. The van der Waals surface area contributed by atoms with E-state index in [1.165, 1.54) is 12.1 Å². The number of aromatic nitrogens is 1. The third-order valence-corrected chi connectivity index (χ3v) is 4.63. The smallest absolute Gasteiger partial charge is 0.258 e. The van der Waals surface area contributed by atoms with Crippen molar-refractivity contribution in [1.82, 2.24) is 10.3 Å². The molecule has 0 unspecified atom stereocenters. The summed E-state index contributed by atoms with van der Waals surface area (Å²) in [6.07, 6.45) is 3.47. The van der Waals surface area contributed by atoms with Gasteiger partial charge in [-0.25, -0.2) is 4.39 Å². The van der Waals surface area contributed by atoms with Crippen molar-refractivity contribution in [3.8, 4) is 16.9 Å². The van der Waals surface area contributed by atoms with E-state index in [0.29, 0.717) is 12.3 Å². The van der Waals surface area contributed by atoms with E-state index in [4.69, 9.17) is 4.74 Å². The van der Waals surface area contributed by atoms with Gasteiger partial charge in [0.2, 0.25) is 0 Å². The van der Waals surface area contributed by atoms with Gasteiger partial charge in [-0.1, -0.05) is 42.5 Å². The van der Waals surface area contributed by atoms with E-state index < -0.39 is 0 Å². The molecule has 0 spiro atoms. The van der Waals surface area contributed by atoms with Crippen molar-refractivity contribution >= 4 is 16.7 Å². The molecule has 29 heavy (non-hydrogen) atoms. The molecule has 3 aromatic carbocycles. The molecule has 144 valence electrons. The second kappa shape index (κ2) is 8.52. The summed E-state index contributed by atoms with van der Waals surface area (Å²) in [6, 6.07) is 21.5. The minimum absolute atomic E-state index is 0.0540. The van der Waals surface area contributed by atoms with E-state index in [1.807, 2.05) is 42.5 Å². The second-order valence-electron chi connectivity index (χ2n) is 6.58. The highest BCUT2D eigenvalue weighted by molar-refractivity contribution is 5.98. The van der Waals surface area contributed by atoms with Gasteiger partial charge in [0, 0.05) is 24.3 Å². The molecule has 0 atom stereocenters. The first-order chi connectivity index (χ1) is 14.2. The average molecular weight is 386 g/mol. The molecule has 0 fully saturated rings. The Kier molecular flexibility index (Phi) is 5.47. The maximum atomic E-state index is 13.7. The van der Waals surface area contributed by atoms with Gasteiger partial charge in [0.25, 0.3) is 5.91 Å². The Morgan fingerprint density at radius 3 is 2.66 bits per heavy atom. The summed E-state index contributed by atoms with van der Waals surface area (Å²) in [6.45, 7) is 0.296. The van der Waals surface area contributed by atoms with Crippen LogP contribution < -0.4 is 10.1 Å². The fourth-order valence-electron chi connectivity index (χ4n) is 3.22. The van der Waals surface area contributed by atoms with E-state index in [1.54, 1.807) is 30.6 Å². The number of fused-ring (bicyclic) bond motifs is 1. The van der Waals surface area contributed by atoms with Crippen LogP contribution in [0.4, 0.5) is 4.39 Å². The van der Waals surface area contributed by atoms with Crippen LogP contribution in [0, 0.1) is 5.82 Å². The third-order valence-electron chi connectivity index (χ3n) is 4.63. The van der Waals surface area contributed by atoms with Crippen LogP contribution in [0.15, 0.2) is 85.2 Å². The molecule has 0 aliphatic rings. The van der Waals surface area contributed by atoms with Crippen LogP contribution in [-0.4, -0.2) is 17.5 Å². The lowest BCUT2D eigenvalue weighted by Gasteiger charge is -2.12. The zero-order chi connectivity index (χ0) is 20.1. The number of hydrogen-bond acceptors (Lipinski definition) is 3. The summed E-state index contributed by atoms with van der Waals surface area (Å²) in [5.74, 6) is 0.163. The molecule has 1 aromatic heterocycles. The highest BCUT2D eigenvalue weighted by Crippen LogP contribution is 2.30. The lowest BCUT2D eigenvalue weighted by Crippen LogP contribution is -2.28. The Labute approximate surface area is 168 Å². The van der Waals surface area contributed by atoms with Crippen LogP contribution in [-0.2, 0) is 11.3 Å². The fraction of sp³-hybridized carbons (Fsp3) is 0.0833. The predicted octanol–water partition coefficient (Wildman–Crippen LogP) is 4.74. The molecule has 4 nitrogen and oxygen atoms in total. The normalized spacial score (nSPS) is 10.7. The van der Waals surface area contributed by atoms with Crippen LogP contribution in [0.5, 0.6) is 5.75 Å². The summed E-state index contributed by atoms with van der Waals surface area (Å²) in [7, 11) is 0. The number of halogens is 1. The largest absolute Gasteiger partial charge is 0.484 e. The van der Waals surface area contributed by atoms with Gasteiger partial charge < -0.3 is 10.1 Å². The van der Waals surface area contributed by atoms with Gasteiger partial charge in [-0.3, -0.25) is 9.78 Å². The average Bonchev–Trinajstić information content (AvgIpc) is 2.76. The SMILES string of the molecule is O=C(COc1ccccc1)NCc1ccc(-c2cccc(F)c2)c2ccncc12. The predicted molar refractivity (Wildman–Crippen MR) is 111 cm³/mol. The Morgan fingerprint density at radius 2 is 1.83 bits per heavy atom. The van der Waals surface area contributed by atoms with Gasteiger partial charge in [-0.2, -0.15) is 0 Å². The van der Waals surface area contributed by atoms with Crippen LogP contribution in [0.1, 0.15) is 5.56 Å². The topological polar surface area (TPSA) is 51.2 Å². The maximum absolute atomic E-state index is 13.7. The molecule has 4 aromatic rings. The fourth-order valence-corrected chi connectivity index (χ4v) is 3.22. The number of nitrogens with one attached hydrogen (secondary N) is 1. The Balaban J connectivity index is 1.51. The van der Waals surface area contributed by atoms with Crippen molar-refractivity contribution in [2.24, 2.45) is 0 Å². The number of carbonyl (C=O) groups is 1. The maximum Gasteiger partial charge on any atom is 0.258 e. The van der Waals surface area contributed by atoms with E-state index in [9.17, 15) is 9.18 Å². The Morgan fingerprint density at radius 1 is 0.966 bits per heavy atom. The van der Waals surface area contributed by atoms with Crippen LogP contribution >= 0.6 is 0 Å². The van der Waals surface area contributed by atoms with Crippen molar-refractivity contribution in [3.63, 3.8) is 0 Å². The molecule has 0 saturated carbocycles. The number of carbonyl (C=O) groups excluding carboxylic acids is 1. The highest BCUT2D eigenvalue weighted by Gasteiger charge is 2.10. The highest BCUT2D eigenvalue weighted by atomic mass is 19.1. The van der Waals surface area contributed by atoms with Crippen molar-refractivity contribution in [2.75, 3.05) is 6.61 Å². The van der Waals surface area contributed by atoms with E-state index in [2.05, 4.69) is 10.3 Å². The van der Waals surface area contributed by atoms with E-state index in [-0.39, 0.29) is 18.3 Å². The van der Waals surface area contributed by atoms with Gasteiger partial charge in [0.1, 0.15) is 11.6 Å². The van der Waals surface area contributed by atoms with Crippen molar-refractivity contribution < 1.29 is 13.9 Å². The van der Waals surface area contributed by atoms with Gasteiger partial charge in [0.15, 0.2) is 6.61 Å². The number of hydrogen-bond donors (Lipinski definition) is 1. The lowest BCUT2D eigenvalue weighted by molar-refractivity contribution is -0.123. The first kappa shape index (κ1) is 18.6. The first-order valence-electron chi connectivity index (χ1n) is 9.27. The van der Waals surface area contributed by atoms with Gasteiger partial charge in [-0.05, 0) is 52.4 Å². The molecule has 1 N–H and O–H groups in total.